The van der Waals surface area contributed by atoms with E-state index >= 15 is 0 Å². The van der Waals surface area contributed by atoms with Crippen molar-refractivity contribution in [3.8, 4) is 0 Å². The second kappa shape index (κ2) is 8.47. The van der Waals surface area contributed by atoms with Crippen molar-refractivity contribution >= 4 is 0 Å². The van der Waals surface area contributed by atoms with Crippen LogP contribution < -0.4 is 5.32 Å². The van der Waals surface area contributed by atoms with Gasteiger partial charge in [0, 0.05) is 19.2 Å². The molecule has 1 fully saturated rings. The topological polar surface area (TPSA) is 24.5 Å². The molecule has 1 aromatic rings. The molecule has 1 saturated heterocycles. The van der Waals surface area contributed by atoms with Gasteiger partial charge in [-0.15, -0.1) is 0 Å². The molecule has 0 amide bonds. The van der Waals surface area contributed by atoms with Crippen LogP contribution in [0.4, 0.5) is 4.39 Å². The van der Waals surface area contributed by atoms with Crippen molar-refractivity contribution in [2.45, 2.75) is 38.3 Å². The minimum atomic E-state index is -0.176. The maximum atomic E-state index is 13.0. The SMILES string of the molecule is CCNC(CCN(C)CC1CCCO1)c1ccc(F)cc1. The predicted molar refractivity (Wildman–Crippen MR) is 83.9 cm³/mol. The van der Waals surface area contributed by atoms with E-state index in [-0.39, 0.29) is 11.9 Å². The van der Waals surface area contributed by atoms with Gasteiger partial charge in [0.05, 0.1) is 6.10 Å². The van der Waals surface area contributed by atoms with Crippen molar-refractivity contribution in [2.75, 3.05) is 33.3 Å². The first-order chi connectivity index (χ1) is 10.2. The number of benzene rings is 1. The molecule has 2 atom stereocenters. The summed E-state index contributed by atoms with van der Waals surface area (Å²) in [5.41, 5.74) is 1.16. The smallest absolute Gasteiger partial charge is 0.123 e. The third-order valence-corrected chi connectivity index (χ3v) is 4.06. The van der Waals surface area contributed by atoms with Gasteiger partial charge in [0.1, 0.15) is 5.82 Å². The van der Waals surface area contributed by atoms with Crippen LogP contribution >= 0.6 is 0 Å². The first-order valence-corrected chi connectivity index (χ1v) is 7.98. The van der Waals surface area contributed by atoms with E-state index in [1.807, 2.05) is 12.1 Å². The molecule has 1 aromatic carbocycles. The minimum Gasteiger partial charge on any atom is -0.377 e. The molecular formula is C17H27FN2O. The molecule has 21 heavy (non-hydrogen) atoms. The summed E-state index contributed by atoms with van der Waals surface area (Å²) in [6.45, 7) is 5.94. The van der Waals surface area contributed by atoms with E-state index in [0.29, 0.717) is 6.10 Å². The lowest BCUT2D eigenvalue weighted by Gasteiger charge is -2.24. The van der Waals surface area contributed by atoms with Crippen LogP contribution in [0, 0.1) is 5.82 Å². The summed E-state index contributed by atoms with van der Waals surface area (Å²) in [5.74, 6) is -0.176. The third kappa shape index (κ3) is 5.38. The Bertz CT molecular complexity index is 404. The van der Waals surface area contributed by atoms with Crippen molar-refractivity contribution in [2.24, 2.45) is 0 Å². The quantitative estimate of drug-likeness (QED) is 0.798. The van der Waals surface area contributed by atoms with Crippen LogP contribution in [0.25, 0.3) is 0 Å². The van der Waals surface area contributed by atoms with Crippen molar-refractivity contribution in [1.82, 2.24) is 10.2 Å². The predicted octanol–water partition coefficient (Wildman–Crippen LogP) is 2.98. The standard InChI is InChI=1S/C17H27FN2O/c1-3-19-17(14-6-8-15(18)9-7-14)10-11-20(2)13-16-5-4-12-21-16/h6-9,16-17,19H,3-5,10-13H2,1-2H3. The molecule has 0 bridgehead atoms. The first-order valence-electron chi connectivity index (χ1n) is 7.98. The Morgan fingerprint density at radius 1 is 1.38 bits per heavy atom. The lowest BCUT2D eigenvalue weighted by Crippen LogP contribution is -2.32. The van der Waals surface area contributed by atoms with Gasteiger partial charge in [-0.3, -0.25) is 0 Å². The lowest BCUT2D eigenvalue weighted by molar-refractivity contribution is 0.0801. The normalized spacial score (nSPS) is 20.1. The van der Waals surface area contributed by atoms with Crippen molar-refractivity contribution in [1.29, 1.82) is 0 Å². The van der Waals surface area contributed by atoms with Gasteiger partial charge in [-0.2, -0.15) is 0 Å². The summed E-state index contributed by atoms with van der Waals surface area (Å²) in [5, 5.41) is 3.49. The number of rotatable bonds is 8. The molecule has 1 aliphatic heterocycles. The summed E-state index contributed by atoms with van der Waals surface area (Å²) in [7, 11) is 2.15. The fourth-order valence-electron chi connectivity index (χ4n) is 2.90. The van der Waals surface area contributed by atoms with Gasteiger partial charge in [-0.1, -0.05) is 19.1 Å². The van der Waals surface area contributed by atoms with E-state index in [0.717, 1.165) is 38.2 Å². The average molecular weight is 294 g/mol. The molecule has 3 nitrogen and oxygen atoms in total. The highest BCUT2D eigenvalue weighted by molar-refractivity contribution is 5.19. The fraction of sp³-hybridized carbons (Fsp3) is 0.647. The van der Waals surface area contributed by atoms with Gasteiger partial charge in [-0.25, -0.2) is 4.39 Å². The Hall–Kier alpha value is -0.970. The number of ether oxygens (including phenoxy) is 1. The summed E-state index contributed by atoms with van der Waals surface area (Å²) >= 11 is 0. The zero-order valence-electron chi connectivity index (χ0n) is 13.1. The summed E-state index contributed by atoms with van der Waals surface area (Å²) in [6.07, 6.45) is 3.79. The van der Waals surface area contributed by atoms with E-state index in [2.05, 4.69) is 24.2 Å². The largest absolute Gasteiger partial charge is 0.377 e. The molecule has 1 heterocycles. The molecule has 2 rings (SSSR count). The highest BCUT2D eigenvalue weighted by atomic mass is 19.1. The molecule has 118 valence electrons. The van der Waals surface area contributed by atoms with E-state index in [4.69, 9.17) is 4.74 Å². The molecule has 2 unspecified atom stereocenters. The maximum absolute atomic E-state index is 13.0. The molecule has 1 N–H and O–H groups in total. The molecule has 0 aliphatic carbocycles. The van der Waals surface area contributed by atoms with Crippen molar-refractivity contribution < 1.29 is 9.13 Å². The van der Waals surface area contributed by atoms with Crippen LogP contribution in [0.1, 0.15) is 37.8 Å². The Balaban J connectivity index is 1.82. The number of likely N-dealkylation sites (N-methyl/N-ethyl adjacent to an activating group) is 1. The minimum absolute atomic E-state index is 0.176. The Labute approximate surface area is 127 Å². The number of halogens is 1. The molecule has 0 saturated carbocycles. The monoisotopic (exact) mass is 294 g/mol. The maximum Gasteiger partial charge on any atom is 0.123 e. The van der Waals surface area contributed by atoms with Crippen molar-refractivity contribution in [3.05, 3.63) is 35.6 Å². The summed E-state index contributed by atoms with van der Waals surface area (Å²) in [4.78, 5) is 2.34. The number of nitrogens with one attached hydrogen (secondary N) is 1. The van der Waals surface area contributed by atoms with Gasteiger partial charge in [-0.05, 0) is 57.1 Å². The van der Waals surface area contributed by atoms with Crippen LogP contribution in [-0.2, 0) is 4.74 Å². The van der Waals surface area contributed by atoms with Gasteiger partial charge in [0.2, 0.25) is 0 Å². The summed E-state index contributed by atoms with van der Waals surface area (Å²) in [6, 6.07) is 7.11. The Morgan fingerprint density at radius 2 is 2.14 bits per heavy atom. The second-order valence-corrected chi connectivity index (χ2v) is 5.85. The van der Waals surface area contributed by atoms with Crippen molar-refractivity contribution in [3.63, 3.8) is 0 Å². The number of nitrogens with zero attached hydrogens (tertiary/aromatic N) is 1. The molecule has 1 aliphatic rings. The van der Waals surface area contributed by atoms with E-state index in [1.54, 1.807) is 0 Å². The highest BCUT2D eigenvalue weighted by Gasteiger charge is 2.18. The second-order valence-electron chi connectivity index (χ2n) is 5.85. The van der Waals surface area contributed by atoms with Crippen LogP contribution in [0.15, 0.2) is 24.3 Å². The van der Waals surface area contributed by atoms with E-state index in [1.165, 1.54) is 25.0 Å². The number of hydrogen-bond acceptors (Lipinski definition) is 3. The third-order valence-electron chi connectivity index (χ3n) is 4.06. The van der Waals surface area contributed by atoms with Crippen LogP contribution in [-0.4, -0.2) is 44.3 Å². The van der Waals surface area contributed by atoms with Gasteiger partial charge >= 0.3 is 0 Å². The number of hydrogen-bond donors (Lipinski definition) is 1. The van der Waals surface area contributed by atoms with Gasteiger partial charge in [0.25, 0.3) is 0 Å². The summed E-state index contributed by atoms with van der Waals surface area (Å²) < 4.78 is 18.7. The molecule has 0 radical (unpaired) electrons. The van der Waals surface area contributed by atoms with Gasteiger partial charge in [0.15, 0.2) is 0 Å². The lowest BCUT2D eigenvalue weighted by atomic mass is 10.0. The molecule has 0 spiro atoms. The molecular weight excluding hydrogens is 267 g/mol. The Kier molecular flexibility index (Phi) is 6.61. The van der Waals surface area contributed by atoms with Crippen LogP contribution in [0.5, 0.6) is 0 Å². The molecule has 4 heteroatoms. The van der Waals surface area contributed by atoms with Gasteiger partial charge < -0.3 is 15.0 Å². The van der Waals surface area contributed by atoms with Crippen LogP contribution in [0.3, 0.4) is 0 Å². The zero-order valence-corrected chi connectivity index (χ0v) is 13.1. The van der Waals surface area contributed by atoms with E-state index < -0.39 is 0 Å². The average Bonchev–Trinajstić information content (AvgIpc) is 2.97. The Morgan fingerprint density at radius 3 is 2.76 bits per heavy atom. The van der Waals surface area contributed by atoms with Crippen LogP contribution in [0.2, 0.25) is 0 Å². The first kappa shape index (κ1) is 16.4. The van der Waals surface area contributed by atoms with E-state index in [9.17, 15) is 4.39 Å². The highest BCUT2D eigenvalue weighted by Crippen LogP contribution is 2.18. The molecule has 0 aromatic heterocycles. The zero-order chi connectivity index (χ0) is 15.1. The fourth-order valence-corrected chi connectivity index (χ4v) is 2.90.